The molecule has 12 heteroatoms. The summed E-state index contributed by atoms with van der Waals surface area (Å²) in [4.78, 5) is 24.2. The van der Waals surface area contributed by atoms with Gasteiger partial charge >= 0.3 is 0 Å². The molecule has 0 spiro atoms. The lowest BCUT2D eigenvalue weighted by Crippen LogP contribution is -3.10. The summed E-state index contributed by atoms with van der Waals surface area (Å²) in [6.45, 7) is 0. The number of hydrogen-bond donors (Lipinski definition) is 0. The molecule has 1 saturated heterocycles. The van der Waals surface area contributed by atoms with E-state index >= 15 is 0 Å². The van der Waals surface area contributed by atoms with E-state index in [-0.39, 0.29) is 0 Å². The highest BCUT2D eigenvalue weighted by atomic mass is 15.9. The van der Waals surface area contributed by atoms with Crippen LogP contribution in [0.15, 0.2) is 0 Å². The molecule has 0 bridgehead atoms. The van der Waals surface area contributed by atoms with Crippen molar-refractivity contribution in [2.24, 2.45) is 0 Å². The standard InChI is InChI=1S/C27H66N12/c1-28(2)23(29(3)4)24(30(5)6,31(7)8)26(34(13)14,35(15)16)39(38(21)22)27(36(17)18,37(19)20)25(23,32(9)10)33(11)12/h1-22H3. The van der Waals surface area contributed by atoms with E-state index in [1.54, 1.807) is 0 Å². The Morgan fingerprint density at radius 1 is 0.256 bits per heavy atom. The summed E-state index contributed by atoms with van der Waals surface area (Å²) in [7, 11) is 48.8. The van der Waals surface area contributed by atoms with Crippen LogP contribution in [0.3, 0.4) is 0 Å². The highest BCUT2D eigenvalue weighted by Gasteiger charge is 2.90. The average molecular weight is 559 g/mol. The van der Waals surface area contributed by atoms with Gasteiger partial charge in [0.2, 0.25) is 0 Å². The van der Waals surface area contributed by atoms with Crippen LogP contribution in [0.1, 0.15) is 0 Å². The molecule has 0 amide bonds. The first-order valence-electron chi connectivity index (χ1n) is 13.7. The fourth-order valence-corrected chi connectivity index (χ4v) is 9.48. The monoisotopic (exact) mass is 559 g/mol. The molecule has 1 heterocycles. The lowest BCUT2D eigenvalue weighted by molar-refractivity contribution is -0.492. The summed E-state index contributed by atoms with van der Waals surface area (Å²) in [6.07, 6.45) is 0. The fraction of sp³-hybridized carbons (Fsp3) is 1.00. The van der Waals surface area contributed by atoms with Crippen molar-refractivity contribution < 1.29 is 0 Å². The summed E-state index contributed by atoms with van der Waals surface area (Å²) in [5.41, 5.74) is -2.14. The first kappa shape index (κ1) is 36.5. The molecule has 0 aromatic rings. The van der Waals surface area contributed by atoms with Crippen molar-refractivity contribution in [1.82, 2.24) is 59.0 Å². The Morgan fingerprint density at radius 3 is 0.538 bits per heavy atom. The number of hydrogen-bond acceptors (Lipinski definition) is 12. The maximum absolute atomic E-state index is 2.59. The topological polar surface area (TPSA) is 38.9 Å². The van der Waals surface area contributed by atoms with Crippen LogP contribution < -0.4 is 0 Å². The van der Waals surface area contributed by atoms with Crippen LogP contribution in [0, 0.1) is 0 Å². The van der Waals surface area contributed by atoms with Gasteiger partial charge in [0.15, 0.2) is 22.9 Å². The molecule has 1 aliphatic heterocycles. The van der Waals surface area contributed by atoms with E-state index in [9.17, 15) is 0 Å². The van der Waals surface area contributed by atoms with E-state index in [4.69, 9.17) is 0 Å². The second-order valence-electron chi connectivity index (χ2n) is 13.4. The van der Waals surface area contributed by atoms with Crippen LogP contribution in [-0.4, -0.2) is 243 Å². The first-order valence-corrected chi connectivity index (χ1v) is 13.7. The number of rotatable bonds is 11. The van der Waals surface area contributed by atoms with Crippen molar-refractivity contribution in [2.45, 2.75) is 28.6 Å². The molecule has 0 aromatic heterocycles. The Balaban J connectivity index is 5.32. The predicted octanol–water partition coefficient (Wildman–Crippen LogP) is -1.21. The molecule has 1 fully saturated rings. The summed E-state index contributed by atoms with van der Waals surface area (Å²) in [5, 5.41) is 4.88. The van der Waals surface area contributed by atoms with Crippen molar-refractivity contribution >= 4 is 0 Å². The molecule has 0 N–H and O–H groups in total. The third-order valence-corrected chi connectivity index (χ3v) is 9.28. The molecule has 0 aromatic carbocycles. The number of hydrazine groups is 1. The molecule has 0 unspecified atom stereocenters. The average Bonchev–Trinajstić information content (AvgIpc) is 2.73. The molecule has 1 aliphatic rings. The van der Waals surface area contributed by atoms with E-state index in [0.29, 0.717) is 0 Å². The summed E-state index contributed by atoms with van der Waals surface area (Å²) >= 11 is 0. The summed E-state index contributed by atoms with van der Waals surface area (Å²) in [5.74, 6) is -1.50. The zero-order valence-corrected chi connectivity index (χ0v) is 29.9. The van der Waals surface area contributed by atoms with Gasteiger partial charge in [-0.1, -0.05) is 0 Å². The van der Waals surface area contributed by atoms with Gasteiger partial charge in [-0.05, 0) is 141 Å². The highest BCUT2D eigenvalue weighted by molar-refractivity contribution is 5.36. The van der Waals surface area contributed by atoms with Gasteiger partial charge in [0.25, 0.3) is 0 Å². The van der Waals surface area contributed by atoms with E-state index in [1.165, 1.54) is 0 Å². The van der Waals surface area contributed by atoms with Crippen molar-refractivity contribution in [3.63, 3.8) is 0 Å². The zero-order valence-electron chi connectivity index (χ0n) is 29.9. The molecule has 0 atom stereocenters. The van der Waals surface area contributed by atoms with E-state index < -0.39 is 28.6 Å². The zero-order chi connectivity index (χ0) is 31.4. The quantitative estimate of drug-likeness (QED) is 0.286. The van der Waals surface area contributed by atoms with E-state index in [1.807, 2.05) is 0 Å². The minimum absolute atomic E-state index is 0.713. The van der Waals surface area contributed by atoms with Crippen LogP contribution in [0.5, 0.6) is 0 Å². The third kappa shape index (κ3) is 3.81. The number of likely N-dealkylation sites (N-methyl/N-ethyl adjacent to an activating group) is 10. The van der Waals surface area contributed by atoms with Crippen LogP contribution in [0.25, 0.3) is 0 Å². The SMILES string of the molecule is CN(C)N1C(N(C)C)(N(C)C)C(N(C)C)(N(C)C)C(N(C)C)(N(C)C)C(N(C)C)(N(C)C)C1(N(C)C)N(C)C. The number of piperidine rings is 1. The van der Waals surface area contributed by atoms with E-state index in [0.717, 1.165) is 0 Å². The van der Waals surface area contributed by atoms with Crippen molar-refractivity contribution in [3.05, 3.63) is 0 Å². The van der Waals surface area contributed by atoms with Crippen molar-refractivity contribution in [2.75, 3.05) is 155 Å². The highest BCUT2D eigenvalue weighted by Crippen LogP contribution is 2.64. The Hall–Kier alpha value is -0.480. The Bertz CT molecular complexity index is 707. The van der Waals surface area contributed by atoms with Gasteiger partial charge in [-0.3, -0.25) is 49.0 Å². The van der Waals surface area contributed by atoms with Gasteiger partial charge in [0.1, 0.15) is 5.66 Å². The number of nitrogens with zero attached hydrogens (tertiary/aromatic N) is 12. The van der Waals surface area contributed by atoms with Gasteiger partial charge in [0.05, 0.1) is 0 Å². The Labute approximate surface area is 242 Å². The predicted molar refractivity (Wildman–Crippen MR) is 166 cm³/mol. The van der Waals surface area contributed by atoms with Gasteiger partial charge in [-0.15, -0.1) is 0 Å². The lowest BCUT2D eigenvalue weighted by atomic mass is 9.62. The largest absolute Gasteiger partial charge is 0.286 e. The molecule has 0 radical (unpaired) electrons. The van der Waals surface area contributed by atoms with Crippen molar-refractivity contribution in [1.29, 1.82) is 0 Å². The third-order valence-electron chi connectivity index (χ3n) is 9.28. The molecule has 1 rings (SSSR count). The molecule has 39 heavy (non-hydrogen) atoms. The lowest BCUT2D eigenvalue weighted by Gasteiger charge is -2.86. The minimum Gasteiger partial charge on any atom is -0.286 e. The molecule has 234 valence electrons. The van der Waals surface area contributed by atoms with Gasteiger partial charge in [-0.2, -0.15) is 5.01 Å². The minimum atomic E-state index is -0.748. The van der Waals surface area contributed by atoms with Crippen LogP contribution in [0.4, 0.5) is 0 Å². The van der Waals surface area contributed by atoms with Crippen molar-refractivity contribution in [3.8, 4) is 0 Å². The van der Waals surface area contributed by atoms with Crippen LogP contribution in [0.2, 0.25) is 0 Å². The second-order valence-corrected chi connectivity index (χ2v) is 13.4. The summed E-state index contributed by atoms with van der Waals surface area (Å²) < 4.78 is 0. The Morgan fingerprint density at radius 2 is 0.436 bits per heavy atom. The first-order chi connectivity index (χ1) is 17.5. The molecule has 0 saturated carbocycles. The van der Waals surface area contributed by atoms with Crippen LogP contribution in [-0.2, 0) is 0 Å². The van der Waals surface area contributed by atoms with Gasteiger partial charge < -0.3 is 0 Å². The maximum atomic E-state index is 2.59. The summed E-state index contributed by atoms with van der Waals surface area (Å²) in [6, 6.07) is 0. The molecule has 0 aliphatic carbocycles. The molecular formula is C27H66N12. The maximum Gasteiger partial charge on any atom is 0.182 e. The second kappa shape index (κ2) is 11.7. The molecule has 12 nitrogen and oxygen atoms in total. The fourth-order valence-electron chi connectivity index (χ4n) is 9.48. The van der Waals surface area contributed by atoms with Crippen LogP contribution >= 0.6 is 0 Å². The smallest absolute Gasteiger partial charge is 0.182 e. The molecular weight excluding hydrogens is 492 g/mol. The van der Waals surface area contributed by atoms with Gasteiger partial charge in [0, 0.05) is 14.1 Å². The van der Waals surface area contributed by atoms with E-state index in [2.05, 4.69) is 214 Å². The Kier molecular flexibility index (Phi) is 10.9. The normalized spacial score (nSPS) is 23.0. The van der Waals surface area contributed by atoms with Gasteiger partial charge in [-0.25, -0.2) is 5.01 Å².